The fraction of sp³-hybridized carbons (Fsp3) is 0.455. The molecular formula is C22H30N4O4S2. The summed E-state index contributed by atoms with van der Waals surface area (Å²) in [7, 11) is -3.57. The van der Waals surface area contributed by atoms with E-state index in [1.165, 1.54) is 15.6 Å². The Bertz CT molecular complexity index is 999. The number of amides is 3. The summed E-state index contributed by atoms with van der Waals surface area (Å²) < 4.78 is 27.4. The molecule has 2 aromatic rings. The van der Waals surface area contributed by atoms with Crippen LogP contribution in [0.4, 0.5) is 4.79 Å². The van der Waals surface area contributed by atoms with Crippen molar-refractivity contribution in [2.45, 2.75) is 37.6 Å². The Kier molecular flexibility index (Phi) is 8.41. The predicted octanol–water partition coefficient (Wildman–Crippen LogP) is 2.59. The van der Waals surface area contributed by atoms with Crippen LogP contribution in [-0.4, -0.2) is 62.3 Å². The fourth-order valence-electron chi connectivity index (χ4n) is 3.48. The number of carbonyl (C=O) groups excluding carboxylic acids is 2. The molecule has 3 rings (SSSR count). The lowest BCUT2D eigenvalue weighted by Gasteiger charge is -2.33. The fourth-order valence-corrected chi connectivity index (χ4v) is 5.54. The van der Waals surface area contributed by atoms with Crippen LogP contribution in [0, 0.1) is 0 Å². The van der Waals surface area contributed by atoms with Crippen molar-refractivity contribution >= 4 is 33.3 Å². The number of nitrogens with one attached hydrogen (secondary N) is 2. The maximum Gasteiger partial charge on any atom is 0.321 e. The molecule has 0 radical (unpaired) electrons. The lowest BCUT2D eigenvalue weighted by Crippen LogP contribution is -2.52. The van der Waals surface area contributed by atoms with E-state index >= 15 is 0 Å². The number of carbonyl (C=O) groups is 2. The second kappa shape index (κ2) is 11.0. The van der Waals surface area contributed by atoms with Crippen LogP contribution in [0.2, 0.25) is 0 Å². The van der Waals surface area contributed by atoms with E-state index in [4.69, 9.17) is 0 Å². The van der Waals surface area contributed by atoms with Crippen molar-refractivity contribution < 1.29 is 18.0 Å². The van der Waals surface area contributed by atoms with Gasteiger partial charge in [0.05, 0.1) is 18.0 Å². The number of imide groups is 1. The normalized spacial score (nSPS) is 16.4. The quantitative estimate of drug-likeness (QED) is 0.608. The average molecular weight is 479 g/mol. The van der Waals surface area contributed by atoms with E-state index in [-0.39, 0.29) is 11.4 Å². The van der Waals surface area contributed by atoms with E-state index in [0.29, 0.717) is 38.6 Å². The third-order valence-electron chi connectivity index (χ3n) is 5.65. The van der Waals surface area contributed by atoms with Gasteiger partial charge in [-0.25, -0.2) is 13.2 Å². The average Bonchev–Trinajstić information content (AvgIpc) is 3.31. The zero-order chi connectivity index (χ0) is 23.1. The highest BCUT2D eigenvalue weighted by Gasteiger charge is 2.29. The summed E-state index contributed by atoms with van der Waals surface area (Å²) in [5.74, 6) is -0.0233. The predicted molar refractivity (Wildman–Crippen MR) is 125 cm³/mol. The van der Waals surface area contributed by atoms with Gasteiger partial charge in [0.1, 0.15) is 0 Å². The highest BCUT2D eigenvalue weighted by molar-refractivity contribution is 7.89. The van der Waals surface area contributed by atoms with Crippen molar-refractivity contribution in [3.63, 3.8) is 0 Å². The third-order valence-corrected chi connectivity index (χ3v) is 8.44. The first kappa shape index (κ1) is 24.4. The van der Waals surface area contributed by atoms with Crippen molar-refractivity contribution in [3.8, 4) is 0 Å². The summed E-state index contributed by atoms with van der Waals surface area (Å²) in [6.07, 6.45) is 0.998. The summed E-state index contributed by atoms with van der Waals surface area (Å²) in [4.78, 5) is 27.2. The number of urea groups is 1. The topological polar surface area (TPSA) is 98.8 Å². The molecular weight excluding hydrogens is 448 g/mol. The Balaban J connectivity index is 1.45. The molecule has 0 aliphatic carbocycles. The van der Waals surface area contributed by atoms with E-state index in [2.05, 4.69) is 24.5 Å². The smallest absolute Gasteiger partial charge is 0.321 e. The third kappa shape index (κ3) is 6.38. The van der Waals surface area contributed by atoms with Gasteiger partial charge in [0.25, 0.3) is 0 Å². The molecule has 2 N–H and O–H groups in total. The van der Waals surface area contributed by atoms with Gasteiger partial charge in [-0.1, -0.05) is 32.0 Å². The zero-order valence-electron chi connectivity index (χ0n) is 18.4. The molecule has 0 bridgehead atoms. The number of benzene rings is 1. The van der Waals surface area contributed by atoms with Gasteiger partial charge < -0.3 is 5.32 Å². The molecule has 1 aromatic heterocycles. The van der Waals surface area contributed by atoms with E-state index in [9.17, 15) is 18.0 Å². The molecule has 3 amide bonds. The molecule has 2 heterocycles. The number of nitrogens with zero attached hydrogens (tertiary/aromatic N) is 2. The van der Waals surface area contributed by atoms with Crippen LogP contribution in [-0.2, 0) is 21.4 Å². The van der Waals surface area contributed by atoms with Gasteiger partial charge in [-0.2, -0.15) is 4.31 Å². The summed E-state index contributed by atoms with van der Waals surface area (Å²) in [6.45, 7) is 6.08. The molecule has 1 atom stereocenters. The maximum atomic E-state index is 13.0. The zero-order valence-corrected chi connectivity index (χ0v) is 20.0. The number of hydrogen-bond acceptors (Lipinski definition) is 6. The molecule has 0 spiro atoms. The minimum atomic E-state index is -3.57. The Morgan fingerprint density at radius 2 is 1.78 bits per heavy atom. The number of hydrogen-bond donors (Lipinski definition) is 2. The Morgan fingerprint density at radius 1 is 1.09 bits per heavy atom. The SMILES string of the molecule is CCC(C)c1ccc(S(=O)(=O)N2CCN(CC(=O)NC(=O)NCc3cccs3)CC2)cc1. The number of sulfonamides is 1. The second-order valence-corrected chi connectivity index (χ2v) is 10.8. The van der Waals surface area contributed by atoms with Crippen molar-refractivity contribution in [3.05, 3.63) is 52.2 Å². The van der Waals surface area contributed by atoms with Gasteiger partial charge in [-0.3, -0.25) is 15.0 Å². The van der Waals surface area contributed by atoms with Crippen molar-refractivity contribution in [1.29, 1.82) is 0 Å². The monoisotopic (exact) mass is 478 g/mol. The number of rotatable bonds is 8. The molecule has 1 aliphatic heterocycles. The molecule has 32 heavy (non-hydrogen) atoms. The van der Waals surface area contributed by atoms with Crippen LogP contribution in [0.5, 0.6) is 0 Å². The number of thiophene rings is 1. The van der Waals surface area contributed by atoms with Gasteiger partial charge in [-0.05, 0) is 41.5 Å². The summed E-state index contributed by atoms with van der Waals surface area (Å²) >= 11 is 1.53. The minimum absolute atomic E-state index is 0.0455. The first-order valence-electron chi connectivity index (χ1n) is 10.7. The van der Waals surface area contributed by atoms with Crippen LogP contribution < -0.4 is 10.6 Å². The van der Waals surface area contributed by atoms with Gasteiger partial charge in [-0.15, -0.1) is 11.3 Å². The summed E-state index contributed by atoms with van der Waals surface area (Å²) in [6, 6.07) is 10.4. The van der Waals surface area contributed by atoms with E-state index < -0.39 is 22.0 Å². The van der Waals surface area contributed by atoms with Crippen molar-refractivity contribution in [2.75, 3.05) is 32.7 Å². The molecule has 8 nitrogen and oxygen atoms in total. The molecule has 0 saturated carbocycles. The summed E-state index contributed by atoms with van der Waals surface area (Å²) in [5, 5.41) is 6.88. The molecule has 1 aliphatic rings. The van der Waals surface area contributed by atoms with Gasteiger partial charge in [0, 0.05) is 31.1 Å². The van der Waals surface area contributed by atoms with Gasteiger partial charge in [0.2, 0.25) is 15.9 Å². The highest BCUT2D eigenvalue weighted by Crippen LogP contribution is 2.23. The maximum absolute atomic E-state index is 13.0. The molecule has 1 aromatic carbocycles. The van der Waals surface area contributed by atoms with E-state index in [1.807, 2.05) is 34.5 Å². The van der Waals surface area contributed by atoms with Crippen LogP contribution >= 0.6 is 11.3 Å². The first-order valence-corrected chi connectivity index (χ1v) is 13.0. The minimum Gasteiger partial charge on any atom is -0.333 e. The first-order chi connectivity index (χ1) is 15.3. The van der Waals surface area contributed by atoms with Crippen molar-refractivity contribution in [1.82, 2.24) is 19.8 Å². The Hall–Kier alpha value is -2.27. The van der Waals surface area contributed by atoms with Crippen LogP contribution in [0.25, 0.3) is 0 Å². The van der Waals surface area contributed by atoms with E-state index in [1.54, 1.807) is 12.1 Å². The van der Waals surface area contributed by atoms with Gasteiger partial charge >= 0.3 is 6.03 Å². The van der Waals surface area contributed by atoms with Crippen LogP contribution in [0.3, 0.4) is 0 Å². The lowest BCUT2D eigenvalue weighted by molar-refractivity contribution is -0.121. The Labute approximate surface area is 193 Å². The Morgan fingerprint density at radius 3 is 2.38 bits per heavy atom. The molecule has 1 unspecified atom stereocenters. The standard InChI is InChI=1S/C22H30N4O4S2/c1-3-17(2)18-6-8-20(9-7-18)32(29,30)26-12-10-25(11-13-26)16-21(27)24-22(28)23-15-19-5-4-14-31-19/h4-9,14,17H,3,10-13,15-16H2,1-2H3,(H2,23,24,27,28). The van der Waals surface area contributed by atoms with Gasteiger partial charge in [0.15, 0.2) is 0 Å². The highest BCUT2D eigenvalue weighted by atomic mass is 32.2. The summed E-state index contributed by atoms with van der Waals surface area (Å²) in [5.41, 5.74) is 1.13. The number of piperazine rings is 1. The van der Waals surface area contributed by atoms with E-state index in [0.717, 1.165) is 16.9 Å². The molecule has 1 fully saturated rings. The van der Waals surface area contributed by atoms with Crippen LogP contribution in [0.1, 0.15) is 36.6 Å². The molecule has 174 valence electrons. The largest absolute Gasteiger partial charge is 0.333 e. The van der Waals surface area contributed by atoms with Crippen molar-refractivity contribution in [2.24, 2.45) is 0 Å². The second-order valence-electron chi connectivity index (χ2n) is 7.87. The molecule has 10 heteroatoms. The van der Waals surface area contributed by atoms with Crippen LogP contribution in [0.15, 0.2) is 46.7 Å². The molecule has 1 saturated heterocycles. The lowest BCUT2D eigenvalue weighted by atomic mass is 9.99.